The van der Waals surface area contributed by atoms with Gasteiger partial charge < -0.3 is 10.1 Å². The van der Waals surface area contributed by atoms with Crippen LogP contribution in [-0.2, 0) is 6.61 Å². The third-order valence-electron chi connectivity index (χ3n) is 3.71. The zero-order chi connectivity index (χ0) is 19.1. The average Bonchev–Trinajstić information content (AvgIpc) is 2.68. The average molecular weight is 397 g/mol. The molecular weight excluding hydrogens is 380 g/mol. The molecule has 0 aromatic heterocycles. The number of hydrogen-bond donors (Lipinski definition) is 2. The van der Waals surface area contributed by atoms with Crippen LogP contribution in [-0.4, -0.2) is 11.0 Å². The van der Waals surface area contributed by atoms with Crippen molar-refractivity contribution in [3.63, 3.8) is 0 Å². The van der Waals surface area contributed by atoms with Gasteiger partial charge in [0.05, 0.1) is 10.6 Å². The SMILES string of the molecule is O=C(NC(=S)Nc1ccc(OCc2ccccc2)cc1)c1ccccc1Cl. The van der Waals surface area contributed by atoms with E-state index in [-0.39, 0.29) is 11.0 Å². The van der Waals surface area contributed by atoms with Gasteiger partial charge in [0, 0.05) is 5.69 Å². The molecule has 27 heavy (non-hydrogen) atoms. The number of halogens is 1. The smallest absolute Gasteiger partial charge is 0.258 e. The van der Waals surface area contributed by atoms with E-state index in [2.05, 4.69) is 10.6 Å². The molecule has 6 heteroatoms. The third-order valence-corrected chi connectivity index (χ3v) is 4.24. The normalized spacial score (nSPS) is 10.1. The van der Waals surface area contributed by atoms with Crippen molar-refractivity contribution in [2.75, 3.05) is 5.32 Å². The highest BCUT2D eigenvalue weighted by Crippen LogP contribution is 2.18. The van der Waals surface area contributed by atoms with Gasteiger partial charge in [0.1, 0.15) is 12.4 Å². The Balaban J connectivity index is 1.52. The lowest BCUT2D eigenvalue weighted by Gasteiger charge is -2.11. The van der Waals surface area contributed by atoms with Gasteiger partial charge in [0.25, 0.3) is 5.91 Å². The summed E-state index contributed by atoms with van der Waals surface area (Å²) in [6, 6.07) is 24.1. The van der Waals surface area contributed by atoms with Crippen LogP contribution in [0.5, 0.6) is 5.75 Å². The van der Waals surface area contributed by atoms with Crippen LogP contribution in [0.25, 0.3) is 0 Å². The molecule has 0 aliphatic heterocycles. The fourth-order valence-corrected chi connectivity index (χ4v) is 2.79. The number of anilines is 1. The van der Waals surface area contributed by atoms with Crippen molar-refractivity contribution >= 4 is 40.5 Å². The van der Waals surface area contributed by atoms with Gasteiger partial charge in [-0.3, -0.25) is 10.1 Å². The summed E-state index contributed by atoms with van der Waals surface area (Å²) in [5, 5.41) is 6.14. The highest BCUT2D eigenvalue weighted by Gasteiger charge is 2.11. The van der Waals surface area contributed by atoms with Crippen LogP contribution < -0.4 is 15.4 Å². The Morgan fingerprint density at radius 2 is 1.59 bits per heavy atom. The molecule has 136 valence electrons. The van der Waals surface area contributed by atoms with Gasteiger partial charge in [-0.15, -0.1) is 0 Å². The molecule has 0 fully saturated rings. The second kappa shape index (κ2) is 9.16. The van der Waals surface area contributed by atoms with Gasteiger partial charge in [-0.05, 0) is 54.2 Å². The molecule has 0 saturated carbocycles. The molecule has 3 aromatic rings. The molecule has 0 saturated heterocycles. The number of nitrogens with one attached hydrogen (secondary N) is 2. The Bertz CT molecular complexity index is 930. The molecule has 3 rings (SSSR count). The lowest BCUT2D eigenvalue weighted by Crippen LogP contribution is -2.34. The number of ether oxygens (including phenoxy) is 1. The number of hydrogen-bond acceptors (Lipinski definition) is 3. The minimum absolute atomic E-state index is 0.192. The second-order valence-corrected chi connectivity index (χ2v) is 6.50. The van der Waals surface area contributed by atoms with Crippen LogP contribution >= 0.6 is 23.8 Å². The standard InChI is InChI=1S/C21H17ClN2O2S/c22-19-9-5-4-8-18(19)20(25)24-21(27)23-16-10-12-17(13-11-16)26-14-15-6-2-1-3-7-15/h1-13H,14H2,(H2,23,24,25,27). The number of thiocarbonyl (C=S) groups is 1. The van der Waals surface area contributed by atoms with Crippen LogP contribution in [0, 0.1) is 0 Å². The zero-order valence-corrected chi connectivity index (χ0v) is 15.9. The molecule has 3 aromatic carbocycles. The number of amides is 1. The highest BCUT2D eigenvalue weighted by atomic mass is 35.5. The van der Waals surface area contributed by atoms with E-state index in [4.69, 9.17) is 28.6 Å². The predicted octanol–water partition coefficient (Wildman–Crippen LogP) is 5.05. The van der Waals surface area contributed by atoms with Gasteiger partial charge in [0.2, 0.25) is 0 Å². The summed E-state index contributed by atoms with van der Waals surface area (Å²) in [6.45, 7) is 0.500. The summed E-state index contributed by atoms with van der Waals surface area (Å²) in [5.41, 5.74) is 2.21. The first-order valence-electron chi connectivity index (χ1n) is 8.25. The van der Waals surface area contributed by atoms with Crippen LogP contribution in [0.2, 0.25) is 5.02 Å². The Kier molecular flexibility index (Phi) is 6.41. The number of rotatable bonds is 5. The maximum Gasteiger partial charge on any atom is 0.258 e. The number of carbonyl (C=O) groups is 1. The summed E-state index contributed by atoms with van der Waals surface area (Å²) in [5.74, 6) is 0.385. The van der Waals surface area contributed by atoms with E-state index in [1.807, 2.05) is 54.6 Å². The van der Waals surface area contributed by atoms with Crippen LogP contribution in [0.1, 0.15) is 15.9 Å². The van der Waals surface area contributed by atoms with E-state index in [0.29, 0.717) is 17.2 Å². The van der Waals surface area contributed by atoms with E-state index >= 15 is 0 Å². The van der Waals surface area contributed by atoms with Gasteiger partial charge in [0.15, 0.2) is 5.11 Å². The van der Waals surface area contributed by atoms with Crippen LogP contribution in [0.15, 0.2) is 78.9 Å². The monoisotopic (exact) mass is 396 g/mol. The molecule has 0 spiro atoms. The Morgan fingerprint density at radius 1 is 0.926 bits per heavy atom. The van der Waals surface area contributed by atoms with Crippen molar-refractivity contribution in [2.45, 2.75) is 6.61 Å². The van der Waals surface area contributed by atoms with E-state index in [1.165, 1.54) is 0 Å². The molecule has 2 N–H and O–H groups in total. The van der Waals surface area contributed by atoms with Crippen LogP contribution in [0.3, 0.4) is 0 Å². The minimum Gasteiger partial charge on any atom is -0.489 e. The first kappa shape index (κ1) is 18.9. The van der Waals surface area contributed by atoms with Crippen molar-refractivity contribution < 1.29 is 9.53 Å². The topological polar surface area (TPSA) is 50.4 Å². The van der Waals surface area contributed by atoms with E-state index < -0.39 is 0 Å². The second-order valence-electron chi connectivity index (χ2n) is 5.69. The lowest BCUT2D eigenvalue weighted by atomic mass is 10.2. The Morgan fingerprint density at radius 3 is 2.30 bits per heavy atom. The molecule has 4 nitrogen and oxygen atoms in total. The minimum atomic E-state index is -0.360. The van der Waals surface area contributed by atoms with E-state index in [9.17, 15) is 4.79 Å². The molecule has 0 atom stereocenters. The van der Waals surface area contributed by atoms with Crippen LogP contribution in [0.4, 0.5) is 5.69 Å². The van der Waals surface area contributed by atoms with Gasteiger partial charge in [-0.1, -0.05) is 54.1 Å². The number of benzene rings is 3. The highest BCUT2D eigenvalue weighted by molar-refractivity contribution is 7.80. The lowest BCUT2D eigenvalue weighted by molar-refractivity contribution is 0.0978. The molecule has 0 radical (unpaired) electrons. The summed E-state index contributed by atoms with van der Waals surface area (Å²) < 4.78 is 5.74. The van der Waals surface area contributed by atoms with Crippen molar-refractivity contribution in [3.05, 3.63) is 95.0 Å². The quantitative estimate of drug-likeness (QED) is 0.593. The molecule has 0 aliphatic rings. The van der Waals surface area contributed by atoms with Crippen molar-refractivity contribution in [1.29, 1.82) is 0 Å². The predicted molar refractivity (Wildman–Crippen MR) is 112 cm³/mol. The van der Waals surface area contributed by atoms with Crippen molar-refractivity contribution in [3.8, 4) is 5.75 Å². The molecule has 0 heterocycles. The summed E-state index contributed by atoms with van der Waals surface area (Å²) in [7, 11) is 0. The van der Waals surface area contributed by atoms with E-state index in [0.717, 1.165) is 17.0 Å². The molecule has 0 bridgehead atoms. The maximum atomic E-state index is 12.2. The molecular formula is C21H17ClN2O2S. The largest absolute Gasteiger partial charge is 0.489 e. The Labute approximate surface area is 168 Å². The van der Waals surface area contributed by atoms with Gasteiger partial charge >= 0.3 is 0 Å². The third kappa shape index (κ3) is 5.54. The maximum absolute atomic E-state index is 12.2. The summed E-state index contributed by atoms with van der Waals surface area (Å²) in [4.78, 5) is 12.2. The molecule has 1 amide bonds. The van der Waals surface area contributed by atoms with Crippen molar-refractivity contribution in [1.82, 2.24) is 5.32 Å². The molecule has 0 unspecified atom stereocenters. The fraction of sp³-hybridized carbons (Fsp3) is 0.0476. The van der Waals surface area contributed by atoms with Crippen molar-refractivity contribution in [2.24, 2.45) is 0 Å². The first-order chi connectivity index (χ1) is 13.1. The first-order valence-corrected chi connectivity index (χ1v) is 9.04. The summed E-state index contributed by atoms with van der Waals surface area (Å²) in [6.07, 6.45) is 0. The van der Waals surface area contributed by atoms with Gasteiger partial charge in [-0.25, -0.2) is 0 Å². The van der Waals surface area contributed by atoms with Gasteiger partial charge in [-0.2, -0.15) is 0 Å². The van der Waals surface area contributed by atoms with E-state index in [1.54, 1.807) is 24.3 Å². The fourth-order valence-electron chi connectivity index (χ4n) is 2.35. The Hall–Kier alpha value is -2.89. The summed E-state index contributed by atoms with van der Waals surface area (Å²) >= 11 is 11.2. The molecule has 0 aliphatic carbocycles. The number of carbonyl (C=O) groups excluding carboxylic acids is 1. The zero-order valence-electron chi connectivity index (χ0n) is 14.3.